The summed E-state index contributed by atoms with van der Waals surface area (Å²) < 4.78 is 13.2. The molecule has 2 aromatic rings. The summed E-state index contributed by atoms with van der Waals surface area (Å²) in [5, 5.41) is 5.08. The third-order valence-electron chi connectivity index (χ3n) is 6.40. The highest BCUT2D eigenvalue weighted by Crippen LogP contribution is 2.36. The molecule has 9 heteroatoms. The van der Waals surface area contributed by atoms with E-state index in [9.17, 15) is 14.0 Å². The highest BCUT2D eigenvalue weighted by atomic mass is 35.5. The van der Waals surface area contributed by atoms with Crippen LogP contribution in [0.1, 0.15) is 24.8 Å². The van der Waals surface area contributed by atoms with Crippen molar-refractivity contribution in [1.29, 1.82) is 0 Å². The summed E-state index contributed by atoms with van der Waals surface area (Å²) in [4.78, 5) is 31.7. The van der Waals surface area contributed by atoms with E-state index in [-0.39, 0.29) is 23.7 Å². The zero-order valence-corrected chi connectivity index (χ0v) is 19.8. The summed E-state index contributed by atoms with van der Waals surface area (Å²) in [6.07, 6.45) is 2.26. The average Bonchev–Trinajstić information content (AvgIpc) is 3.17. The van der Waals surface area contributed by atoms with E-state index in [1.165, 1.54) is 19.2 Å². The fraction of sp³-hybridized carbons (Fsp3) is 0.417. The van der Waals surface area contributed by atoms with Crippen LogP contribution in [0.3, 0.4) is 0 Å². The largest absolute Gasteiger partial charge is 0.426 e. The molecule has 1 N–H and O–H groups in total. The van der Waals surface area contributed by atoms with Gasteiger partial charge in [0.2, 0.25) is 5.91 Å². The highest BCUT2D eigenvalue weighted by molar-refractivity contribution is 6.36. The molecule has 2 saturated heterocycles. The Morgan fingerprint density at radius 2 is 1.70 bits per heavy atom. The number of amides is 2. The number of carbonyl (C=O) groups excluding carboxylic acids is 2. The van der Waals surface area contributed by atoms with Crippen molar-refractivity contribution in [2.45, 2.75) is 31.7 Å². The van der Waals surface area contributed by atoms with Crippen LogP contribution in [0.15, 0.2) is 36.4 Å². The summed E-state index contributed by atoms with van der Waals surface area (Å²) in [6.45, 7) is 1.89. The summed E-state index contributed by atoms with van der Waals surface area (Å²) >= 11 is 13.1. The number of halogens is 3. The lowest BCUT2D eigenvalue weighted by Gasteiger charge is -2.35. The van der Waals surface area contributed by atoms with Gasteiger partial charge >= 0.3 is 6.09 Å². The number of nitrogens with one attached hydrogen (secondary N) is 1. The van der Waals surface area contributed by atoms with Crippen LogP contribution in [0.4, 0.5) is 9.18 Å². The summed E-state index contributed by atoms with van der Waals surface area (Å²) in [6, 6.07) is 9.92. The number of likely N-dealkylation sites (tertiary alicyclic amines) is 1. The average molecular weight is 494 g/mol. The third kappa shape index (κ3) is 5.42. The Balaban J connectivity index is 1.39. The van der Waals surface area contributed by atoms with Crippen molar-refractivity contribution in [3.05, 3.63) is 57.8 Å². The van der Waals surface area contributed by atoms with Gasteiger partial charge < -0.3 is 15.1 Å². The van der Waals surface area contributed by atoms with Gasteiger partial charge in [0.1, 0.15) is 5.82 Å². The molecule has 0 aliphatic carbocycles. The Kier molecular flexibility index (Phi) is 7.41. The zero-order valence-electron chi connectivity index (χ0n) is 18.3. The van der Waals surface area contributed by atoms with E-state index in [0.29, 0.717) is 36.1 Å². The van der Waals surface area contributed by atoms with Crippen LogP contribution in [-0.2, 0) is 16.1 Å². The lowest BCUT2D eigenvalue weighted by Crippen LogP contribution is -2.47. The van der Waals surface area contributed by atoms with Gasteiger partial charge in [-0.15, -0.1) is 5.06 Å². The van der Waals surface area contributed by atoms with E-state index in [2.05, 4.69) is 5.32 Å². The minimum Gasteiger partial charge on any atom is -0.351 e. The molecule has 2 amide bonds. The molecule has 2 fully saturated rings. The predicted molar refractivity (Wildman–Crippen MR) is 126 cm³/mol. The van der Waals surface area contributed by atoms with Crippen molar-refractivity contribution in [2.24, 2.45) is 5.92 Å². The number of hydroxylamine groups is 2. The molecular weight excluding hydrogens is 468 g/mol. The van der Waals surface area contributed by atoms with E-state index in [1.807, 2.05) is 17.0 Å². The number of piperidine rings is 1. The van der Waals surface area contributed by atoms with Crippen LogP contribution >= 0.6 is 23.2 Å². The summed E-state index contributed by atoms with van der Waals surface area (Å²) in [5.74, 6) is -0.353. The molecule has 6 nitrogen and oxygen atoms in total. The number of benzene rings is 2. The highest BCUT2D eigenvalue weighted by Gasteiger charge is 2.38. The van der Waals surface area contributed by atoms with Crippen molar-refractivity contribution in [3.8, 4) is 11.1 Å². The zero-order chi connectivity index (χ0) is 23.5. The molecule has 0 spiro atoms. The van der Waals surface area contributed by atoms with Crippen molar-refractivity contribution in [3.63, 3.8) is 0 Å². The molecule has 4 rings (SSSR count). The van der Waals surface area contributed by atoms with Crippen LogP contribution in [0, 0.1) is 11.7 Å². The molecule has 2 aliphatic rings. The molecule has 33 heavy (non-hydrogen) atoms. The van der Waals surface area contributed by atoms with E-state index < -0.39 is 6.09 Å². The smallest absolute Gasteiger partial charge is 0.351 e. The fourth-order valence-corrected chi connectivity index (χ4v) is 5.22. The molecule has 0 unspecified atom stereocenters. The van der Waals surface area contributed by atoms with Crippen molar-refractivity contribution in [1.82, 2.24) is 15.3 Å². The number of nitrogens with zero attached hydrogens (tertiary/aromatic N) is 2. The first-order valence-corrected chi connectivity index (χ1v) is 11.8. The van der Waals surface area contributed by atoms with E-state index in [4.69, 9.17) is 28.0 Å². The maximum absolute atomic E-state index is 13.2. The maximum atomic E-state index is 13.2. The molecule has 0 radical (unpaired) electrons. The Bertz CT molecular complexity index is 1000. The first-order chi connectivity index (χ1) is 15.9. The summed E-state index contributed by atoms with van der Waals surface area (Å²) in [7, 11) is 1.52. The molecule has 0 saturated carbocycles. The normalized spacial score (nSPS) is 19.7. The van der Waals surface area contributed by atoms with Gasteiger partial charge in [-0.2, -0.15) is 0 Å². The van der Waals surface area contributed by atoms with Crippen LogP contribution in [0.2, 0.25) is 10.0 Å². The van der Waals surface area contributed by atoms with Crippen LogP contribution in [0.25, 0.3) is 11.1 Å². The number of hydrogen-bond donors (Lipinski definition) is 1. The van der Waals surface area contributed by atoms with Gasteiger partial charge in [-0.25, -0.2) is 9.18 Å². The van der Waals surface area contributed by atoms with Gasteiger partial charge in [-0.3, -0.25) is 4.79 Å². The second kappa shape index (κ2) is 10.3. The van der Waals surface area contributed by atoms with E-state index >= 15 is 0 Å². The predicted octanol–water partition coefficient (Wildman–Crippen LogP) is 4.93. The van der Waals surface area contributed by atoms with Gasteiger partial charge in [-0.05, 0) is 66.6 Å². The second-order valence-corrected chi connectivity index (χ2v) is 9.25. The van der Waals surface area contributed by atoms with Crippen molar-refractivity contribution >= 4 is 35.2 Å². The minimum atomic E-state index is -0.482. The van der Waals surface area contributed by atoms with Gasteiger partial charge in [0.15, 0.2) is 0 Å². The van der Waals surface area contributed by atoms with Crippen LogP contribution in [-0.4, -0.2) is 54.7 Å². The number of carbonyl (C=O) groups is 2. The molecule has 2 heterocycles. The first kappa shape index (κ1) is 23.8. The van der Waals surface area contributed by atoms with Gasteiger partial charge in [0, 0.05) is 48.7 Å². The quantitative estimate of drug-likeness (QED) is 0.641. The van der Waals surface area contributed by atoms with Gasteiger partial charge in [0.05, 0.1) is 0 Å². The first-order valence-electron chi connectivity index (χ1n) is 11.0. The topological polar surface area (TPSA) is 61.9 Å². The molecule has 0 bridgehead atoms. The van der Waals surface area contributed by atoms with Crippen molar-refractivity contribution in [2.75, 3.05) is 26.7 Å². The number of hydrogen-bond acceptors (Lipinski definition) is 4. The molecule has 176 valence electrons. The van der Waals surface area contributed by atoms with Gasteiger partial charge in [0.25, 0.3) is 0 Å². The molecule has 2 aromatic carbocycles. The number of rotatable bonds is 5. The molecular formula is C24H26Cl2FN3O3. The van der Waals surface area contributed by atoms with Gasteiger partial charge in [-0.1, -0.05) is 35.3 Å². The monoisotopic (exact) mass is 493 g/mol. The Morgan fingerprint density at radius 3 is 2.30 bits per heavy atom. The standard InChI is InChI=1S/C24H26Cl2FN3O3/c1-28-24(32)33-29-9-7-19(8-10-29)30-11-6-16(23(30)31)12-20-21(25)13-17(14-22(20)26)15-2-4-18(27)5-3-15/h2-5,13-14,16,19H,6-12H2,1H3,(H,28,32)/t16-/m0/s1. The van der Waals surface area contributed by atoms with Crippen LogP contribution in [0.5, 0.6) is 0 Å². The van der Waals surface area contributed by atoms with E-state index in [1.54, 1.807) is 17.2 Å². The van der Waals surface area contributed by atoms with Crippen LogP contribution < -0.4 is 5.32 Å². The molecule has 1 atom stereocenters. The summed E-state index contributed by atoms with van der Waals surface area (Å²) in [5.41, 5.74) is 2.39. The SMILES string of the molecule is CNC(=O)ON1CCC(N2CC[C@@H](Cc3c(Cl)cc(-c4ccc(F)cc4)cc3Cl)C2=O)CC1. The lowest BCUT2D eigenvalue weighted by atomic mass is 9.95. The Labute approximate surface area is 202 Å². The Hall–Kier alpha value is -2.35. The van der Waals surface area contributed by atoms with Crippen molar-refractivity contribution < 1.29 is 18.8 Å². The molecule has 0 aromatic heterocycles. The maximum Gasteiger partial charge on any atom is 0.426 e. The Morgan fingerprint density at radius 1 is 1.06 bits per heavy atom. The fourth-order valence-electron chi connectivity index (χ4n) is 4.58. The van der Waals surface area contributed by atoms with E-state index in [0.717, 1.165) is 36.0 Å². The second-order valence-electron chi connectivity index (χ2n) is 8.44. The molecule has 2 aliphatic heterocycles. The minimum absolute atomic E-state index is 0.121. The third-order valence-corrected chi connectivity index (χ3v) is 7.07. The lowest BCUT2D eigenvalue weighted by molar-refractivity contribution is -0.140.